The number of amides is 1. The lowest BCUT2D eigenvalue weighted by atomic mass is 10.1. The van der Waals surface area contributed by atoms with Gasteiger partial charge in [-0.25, -0.2) is 8.51 Å². The summed E-state index contributed by atoms with van der Waals surface area (Å²) in [6.07, 6.45) is 2.44. The van der Waals surface area contributed by atoms with Gasteiger partial charge in [0.25, 0.3) is 5.91 Å². The second-order valence-electron chi connectivity index (χ2n) is 10.9. The Morgan fingerprint density at radius 3 is 2.68 bits per heavy atom. The fourth-order valence-electron chi connectivity index (χ4n) is 5.59. The number of carbonyl (C=O) groups is 1. The number of carbonyl (C=O) groups excluding carboxylic acids is 1. The van der Waals surface area contributed by atoms with Gasteiger partial charge >= 0.3 is 0 Å². The van der Waals surface area contributed by atoms with Crippen LogP contribution in [-0.4, -0.2) is 88.5 Å². The SMILES string of the molecule is CN1CCN(c2ccc(C(=O)Nc3n[nH]c4c3CN(S(=O)c3cccc(Cl)c3)CC4)c(NC3CCOCC3)c2)CC1. The van der Waals surface area contributed by atoms with Crippen LogP contribution >= 0.6 is 11.6 Å². The molecule has 0 bridgehead atoms. The number of halogens is 1. The molecule has 1 unspecified atom stereocenters. The summed E-state index contributed by atoms with van der Waals surface area (Å²) in [7, 11) is 0.766. The Labute approximate surface area is 248 Å². The lowest BCUT2D eigenvalue weighted by Gasteiger charge is -2.34. The summed E-state index contributed by atoms with van der Waals surface area (Å²) < 4.78 is 20.7. The van der Waals surface area contributed by atoms with Crippen LogP contribution in [0.15, 0.2) is 47.4 Å². The number of likely N-dealkylation sites (N-methyl/N-ethyl adjacent to an activating group) is 1. The minimum absolute atomic E-state index is 0.230. The summed E-state index contributed by atoms with van der Waals surface area (Å²) in [5, 5.41) is 14.7. The van der Waals surface area contributed by atoms with Crippen LogP contribution in [0.2, 0.25) is 5.02 Å². The topological polar surface area (TPSA) is 106 Å². The largest absolute Gasteiger partial charge is 0.381 e. The molecule has 3 aliphatic rings. The van der Waals surface area contributed by atoms with Crippen LogP contribution in [-0.2, 0) is 28.7 Å². The van der Waals surface area contributed by atoms with Crippen LogP contribution in [0.25, 0.3) is 0 Å². The summed E-state index contributed by atoms with van der Waals surface area (Å²) in [6.45, 7) is 6.34. The van der Waals surface area contributed by atoms with E-state index in [2.05, 4.69) is 43.7 Å². The number of H-pyrrole nitrogens is 1. The van der Waals surface area contributed by atoms with Crippen molar-refractivity contribution in [1.29, 1.82) is 0 Å². The van der Waals surface area contributed by atoms with E-state index in [4.69, 9.17) is 16.3 Å². The molecular weight excluding hydrogens is 562 g/mol. The van der Waals surface area contributed by atoms with Crippen molar-refractivity contribution in [2.75, 3.05) is 68.5 Å². The van der Waals surface area contributed by atoms with E-state index in [1.165, 1.54) is 0 Å². The van der Waals surface area contributed by atoms with E-state index < -0.39 is 11.0 Å². The van der Waals surface area contributed by atoms with Gasteiger partial charge in [-0.2, -0.15) is 5.10 Å². The van der Waals surface area contributed by atoms with E-state index in [9.17, 15) is 9.00 Å². The average Bonchev–Trinajstić information content (AvgIpc) is 3.39. The molecule has 4 heterocycles. The highest BCUT2D eigenvalue weighted by atomic mass is 35.5. The molecule has 1 atom stereocenters. The minimum atomic E-state index is -1.38. The van der Waals surface area contributed by atoms with Gasteiger partial charge in [0.2, 0.25) is 0 Å². The number of hydrogen-bond acceptors (Lipinski definition) is 7. The molecule has 1 amide bonds. The Hall–Kier alpha value is -2.96. The first kappa shape index (κ1) is 28.2. The molecular formula is C29H36ClN7O3S. The van der Waals surface area contributed by atoms with Crippen molar-refractivity contribution in [3.05, 3.63) is 64.3 Å². The molecule has 0 spiro atoms. The first-order valence-electron chi connectivity index (χ1n) is 14.2. The molecule has 6 rings (SSSR count). The van der Waals surface area contributed by atoms with Gasteiger partial charge in [-0.05, 0) is 56.3 Å². The molecule has 12 heteroatoms. The van der Waals surface area contributed by atoms with Crippen molar-refractivity contribution < 1.29 is 13.7 Å². The van der Waals surface area contributed by atoms with Gasteiger partial charge in [0.15, 0.2) is 5.82 Å². The minimum Gasteiger partial charge on any atom is -0.381 e. The molecule has 218 valence electrons. The Bertz CT molecular complexity index is 1420. The number of nitrogens with one attached hydrogen (secondary N) is 3. The molecule has 3 aliphatic heterocycles. The van der Waals surface area contributed by atoms with Crippen molar-refractivity contribution in [2.24, 2.45) is 0 Å². The quantitative estimate of drug-likeness (QED) is 0.381. The molecule has 0 saturated carbocycles. The van der Waals surface area contributed by atoms with Crippen molar-refractivity contribution in [3.63, 3.8) is 0 Å². The Kier molecular flexibility index (Phi) is 8.59. The smallest absolute Gasteiger partial charge is 0.258 e. The Balaban J connectivity index is 1.22. The van der Waals surface area contributed by atoms with Crippen LogP contribution in [0.5, 0.6) is 0 Å². The maximum atomic E-state index is 13.7. The van der Waals surface area contributed by atoms with E-state index >= 15 is 0 Å². The van der Waals surface area contributed by atoms with Crippen molar-refractivity contribution >= 4 is 45.7 Å². The normalized spacial score (nSPS) is 19.5. The zero-order valence-corrected chi connectivity index (χ0v) is 24.8. The van der Waals surface area contributed by atoms with E-state index in [0.717, 1.165) is 61.7 Å². The second kappa shape index (κ2) is 12.5. The van der Waals surface area contributed by atoms with E-state index in [0.29, 0.717) is 54.0 Å². The number of aromatic amines is 1. The number of anilines is 3. The molecule has 3 aromatic rings. The second-order valence-corrected chi connectivity index (χ2v) is 12.8. The first-order chi connectivity index (χ1) is 19.9. The number of ether oxygens (including phenoxy) is 1. The number of rotatable bonds is 7. The predicted molar refractivity (Wildman–Crippen MR) is 162 cm³/mol. The number of benzene rings is 2. The molecule has 10 nitrogen and oxygen atoms in total. The third-order valence-electron chi connectivity index (χ3n) is 8.06. The monoisotopic (exact) mass is 597 g/mol. The van der Waals surface area contributed by atoms with Gasteiger partial charge in [0.1, 0.15) is 11.0 Å². The van der Waals surface area contributed by atoms with Gasteiger partial charge in [-0.15, -0.1) is 0 Å². The number of hydrogen-bond donors (Lipinski definition) is 3. The molecule has 2 saturated heterocycles. The number of aromatic nitrogens is 2. The highest BCUT2D eigenvalue weighted by Crippen LogP contribution is 2.30. The number of piperazine rings is 1. The fourth-order valence-corrected chi connectivity index (χ4v) is 7.07. The molecule has 0 radical (unpaired) electrons. The lowest BCUT2D eigenvalue weighted by Crippen LogP contribution is -2.44. The van der Waals surface area contributed by atoms with Crippen LogP contribution in [0.1, 0.15) is 34.5 Å². The highest BCUT2D eigenvalue weighted by molar-refractivity contribution is 7.82. The predicted octanol–water partition coefficient (Wildman–Crippen LogP) is 3.74. The van der Waals surface area contributed by atoms with Crippen LogP contribution in [0.4, 0.5) is 17.2 Å². The first-order valence-corrected chi connectivity index (χ1v) is 15.6. The van der Waals surface area contributed by atoms with Gasteiger partial charge in [-0.1, -0.05) is 17.7 Å². The summed E-state index contributed by atoms with van der Waals surface area (Å²) >= 11 is 6.13. The molecule has 3 N–H and O–H groups in total. The number of nitrogens with zero attached hydrogens (tertiary/aromatic N) is 4. The maximum Gasteiger partial charge on any atom is 0.258 e. The van der Waals surface area contributed by atoms with Crippen LogP contribution < -0.4 is 15.5 Å². The van der Waals surface area contributed by atoms with Crippen molar-refractivity contribution in [3.8, 4) is 0 Å². The van der Waals surface area contributed by atoms with Crippen LogP contribution in [0, 0.1) is 0 Å². The van der Waals surface area contributed by atoms with Gasteiger partial charge in [0.05, 0.1) is 10.5 Å². The standard InChI is InChI=1S/C29H36ClN7O3S/c1-35-11-13-36(14-12-35)22-5-6-24(27(18-22)31-21-8-15-40-16-9-21)29(38)32-28-25-19-37(10-7-26(25)33-34-28)41(39)23-4-2-3-20(30)17-23/h2-6,17-18,21,31H,7-16,19H2,1H3,(H2,32,33,34,38). The Morgan fingerprint density at radius 2 is 1.90 bits per heavy atom. The molecule has 2 fully saturated rings. The zero-order valence-electron chi connectivity index (χ0n) is 23.2. The summed E-state index contributed by atoms with van der Waals surface area (Å²) in [5.74, 6) is 0.241. The lowest BCUT2D eigenvalue weighted by molar-refractivity contribution is 0.0904. The van der Waals surface area contributed by atoms with Gasteiger partial charge < -0.3 is 25.2 Å². The highest BCUT2D eigenvalue weighted by Gasteiger charge is 2.28. The zero-order chi connectivity index (χ0) is 28.3. The Morgan fingerprint density at radius 1 is 1.10 bits per heavy atom. The summed E-state index contributed by atoms with van der Waals surface area (Å²) in [4.78, 5) is 19.1. The van der Waals surface area contributed by atoms with E-state index in [1.54, 1.807) is 18.2 Å². The number of fused-ring (bicyclic) bond motifs is 1. The molecule has 41 heavy (non-hydrogen) atoms. The summed E-state index contributed by atoms with van der Waals surface area (Å²) in [5.41, 5.74) is 4.30. The molecule has 0 aliphatic carbocycles. The van der Waals surface area contributed by atoms with Crippen molar-refractivity contribution in [1.82, 2.24) is 19.4 Å². The maximum absolute atomic E-state index is 13.7. The fraction of sp³-hybridized carbons (Fsp3) is 0.448. The summed E-state index contributed by atoms with van der Waals surface area (Å²) in [6, 6.07) is 13.4. The van der Waals surface area contributed by atoms with E-state index in [-0.39, 0.29) is 11.9 Å². The molecule has 2 aromatic carbocycles. The van der Waals surface area contributed by atoms with Gasteiger partial charge in [0, 0.05) is 92.6 Å². The molecule has 1 aromatic heterocycles. The third kappa shape index (κ3) is 6.44. The van der Waals surface area contributed by atoms with E-state index in [1.807, 2.05) is 22.5 Å². The van der Waals surface area contributed by atoms with Gasteiger partial charge in [-0.3, -0.25) is 9.89 Å². The van der Waals surface area contributed by atoms with Crippen molar-refractivity contribution in [2.45, 2.75) is 36.7 Å². The third-order valence-corrected chi connectivity index (χ3v) is 9.73. The average molecular weight is 598 g/mol. The van der Waals surface area contributed by atoms with Crippen LogP contribution in [0.3, 0.4) is 0 Å².